The van der Waals surface area contributed by atoms with Gasteiger partial charge < -0.3 is 14.8 Å². The highest BCUT2D eigenvalue weighted by atomic mass is 35.5. The number of aromatic nitrogens is 1. The fourth-order valence-electron chi connectivity index (χ4n) is 2.82. The Morgan fingerprint density at radius 2 is 1.81 bits per heavy atom. The van der Waals surface area contributed by atoms with E-state index in [0.29, 0.717) is 29.9 Å². The number of rotatable bonds is 9. The van der Waals surface area contributed by atoms with Crippen LogP contribution >= 0.6 is 11.6 Å². The first-order valence-corrected chi connectivity index (χ1v) is 9.61. The predicted molar refractivity (Wildman–Crippen MR) is 107 cm³/mol. The molecule has 1 aromatic carbocycles. The molecule has 5 nitrogen and oxygen atoms in total. The van der Waals surface area contributed by atoms with Crippen LogP contribution in [-0.4, -0.2) is 24.1 Å². The molecule has 1 N–H and O–H groups in total. The van der Waals surface area contributed by atoms with Crippen molar-refractivity contribution in [3.8, 4) is 11.5 Å². The van der Waals surface area contributed by atoms with Crippen molar-refractivity contribution in [1.82, 2.24) is 10.3 Å². The van der Waals surface area contributed by atoms with Gasteiger partial charge in [0.15, 0.2) is 11.5 Å². The monoisotopic (exact) mass is 390 g/mol. The zero-order valence-electron chi connectivity index (χ0n) is 16.3. The molecule has 0 aliphatic rings. The average Bonchev–Trinajstić information content (AvgIpc) is 2.63. The van der Waals surface area contributed by atoms with Crippen LogP contribution in [0, 0.1) is 5.92 Å². The summed E-state index contributed by atoms with van der Waals surface area (Å²) in [4.78, 5) is 16.6. The van der Waals surface area contributed by atoms with Crippen LogP contribution in [0.2, 0.25) is 5.15 Å². The van der Waals surface area contributed by atoms with E-state index in [0.717, 1.165) is 11.1 Å². The van der Waals surface area contributed by atoms with E-state index in [4.69, 9.17) is 21.1 Å². The molecular formula is C21H27ClN2O3. The van der Waals surface area contributed by atoms with Crippen molar-refractivity contribution >= 4 is 17.5 Å². The number of hydrogen-bond acceptors (Lipinski definition) is 4. The molecule has 0 saturated carbocycles. The lowest BCUT2D eigenvalue weighted by molar-refractivity contribution is -0.121. The highest BCUT2D eigenvalue weighted by Crippen LogP contribution is 2.33. The van der Waals surface area contributed by atoms with Crippen LogP contribution in [-0.2, 0) is 11.2 Å². The maximum absolute atomic E-state index is 12.5. The van der Waals surface area contributed by atoms with E-state index >= 15 is 0 Å². The number of nitrogens with zero attached hydrogens (tertiary/aromatic N) is 1. The van der Waals surface area contributed by atoms with Gasteiger partial charge in [-0.25, -0.2) is 4.98 Å². The van der Waals surface area contributed by atoms with Crippen LogP contribution in [0.3, 0.4) is 0 Å². The molecule has 0 spiro atoms. The summed E-state index contributed by atoms with van der Waals surface area (Å²) in [5.74, 6) is 1.55. The number of hydrogen-bond donors (Lipinski definition) is 1. The summed E-state index contributed by atoms with van der Waals surface area (Å²) >= 11 is 5.80. The fraction of sp³-hybridized carbons (Fsp3) is 0.429. The lowest BCUT2D eigenvalue weighted by Gasteiger charge is -2.24. The maximum atomic E-state index is 12.5. The number of pyridine rings is 1. The van der Waals surface area contributed by atoms with Gasteiger partial charge in [-0.2, -0.15) is 0 Å². The molecule has 0 aliphatic carbocycles. The number of amides is 1. The Labute approximate surface area is 166 Å². The zero-order chi connectivity index (χ0) is 19.8. The Morgan fingerprint density at radius 3 is 2.41 bits per heavy atom. The van der Waals surface area contributed by atoms with Gasteiger partial charge in [-0.15, -0.1) is 0 Å². The van der Waals surface area contributed by atoms with Crippen LogP contribution < -0.4 is 14.8 Å². The second-order valence-corrected chi connectivity index (χ2v) is 6.91. The Hall–Kier alpha value is -2.27. The highest BCUT2D eigenvalue weighted by molar-refractivity contribution is 6.29. The van der Waals surface area contributed by atoms with Crippen molar-refractivity contribution in [3.05, 3.63) is 52.8 Å². The molecule has 0 radical (unpaired) electrons. The zero-order valence-corrected chi connectivity index (χ0v) is 17.0. The standard InChI is InChI=1S/C21H27ClN2O3/c1-5-26-17-9-8-16(12-18(17)27-6-2)21(14(3)4)24-20(25)11-15-7-10-19(22)23-13-15/h7-10,12-14,21H,5-6,11H2,1-4H3,(H,24,25). The molecule has 2 aromatic rings. The van der Waals surface area contributed by atoms with E-state index < -0.39 is 0 Å². The quantitative estimate of drug-likeness (QED) is 0.636. The molecule has 1 unspecified atom stereocenters. The van der Waals surface area contributed by atoms with Crippen molar-refractivity contribution in [2.45, 2.75) is 40.2 Å². The summed E-state index contributed by atoms with van der Waals surface area (Å²) < 4.78 is 11.3. The lowest BCUT2D eigenvalue weighted by Crippen LogP contribution is -2.32. The van der Waals surface area contributed by atoms with Crippen LogP contribution in [0.15, 0.2) is 36.5 Å². The molecule has 1 aromatic heterocycles. The van der Waals surface area contributed by atoms with Gasteiger partial charge >= 0.3 is 0 Å². The second-order valence-electron chi connectivity index (χ2n) is 6.53. The predicted octanol–water partition coefficient (Wildman–Crippen LogP) is 4.59. The van der Waals surface area contributed by atoms with Crippen molar-refractivity contribution in [3.63, 3.8) is 0 Å². The minimum absolute atomic E-state index is 0.0651. The molecule has 27 heavy (non-hydrogen) atoms. The number of carbonyl (C=O) groups excluding carboxylic acids is 1. The molecule has 0 bridgehead atoms. The Morgan fingerprint density at radius 1 is 1.11 bits per heavy atom. The van der Waals surface area contributed by atoms with Crippen molar-refractivity contribution < 1.29 is 14.3 Å². The third kappa shape index (κ3) is 6.14. The SMILES string of the molecule is CCOc1ccc(C(NC(=O)Cc2ccc(Cl)nc2)C(C)C)cc1OCC. The van der Waals surface area contributed by atoms with Crippen molar-refractivity contribution in [2.75, 3.05) is 13.2 Å². The van der Waals surface area contributed by atoms with Crippen molar-refractivity contribution in [1.29, 1.82) is 0 Å². The van der Waals surface area contributed by atoms with E-state index in [9.17, 15) is 4.79 Å². The molecule has 2 rings (SSSR count). The normalized spacial score (nSPS) is 11.9. The Bertz CT molecular complexity index is 748. The molecule has 0 fully saturated rings. The minimum Gasteiger partial charge on any atom is -0.490 e. The van der Waals surface area contributed by atoms with Crippen molar-refractivity contribution in [2.24, 2.45) is 5.92 Å². The van der Waals surface area contributed by atoms with Gasteiger partial charge in [0.25, 0.3) is 0 Å². The van der Waals surface area contributed by atoms with Crippen LogP contribution in [0.4, 0.5) is 0 Å². The number of halogens is 1. The first-order valence-electron chi connectivity index (χ1n) is 9.23. The average molecular weight is 391 g/mol. The van der Waals surface area contributed by atoms with Gasteiger partial charge in [-0.1, -0.05) is 37.6 Å². The molecule has 1 heterocycles. The summed E-state index contributed by atoms with van der Waals surface area (Å²) in [6.07, 6.45) is 1.87. The summed E-state index contributed by atoms with van der Waals surface area (Å²) in [6, 6.07) is 9.18. The summed E-state index contributed by atoms with van der Waals surface area (Å²) in [6.45, 7) is 9.14. The molecular weight excluding hydrogens is 364 g/mol. The molecule has 0 aliphatic heterocycles. The van der Waals surface area contributed by atoms with E-state index in [1.807, 2.05) is 38.1 Å². The minimum atomic E-state index is -0.132. The number of carbonyl (C=O) groups is 1. The van der Waals surface area contributed by atoms with Gasteiger partial charge in [0.05, 0.1) is 25.7 Å². The van der Waals surface area contributed by atoms with Crippen LogP contribution in [0.5, 0.6) is 11.5 Å². The van der Waals surface area contributed by atoms with E-state index in [1.165, 1.54) is 0 Å². The molecule has 0 saturated heterocycles. The topological polar surface area (TPSA) is 60.5 Å². The lowest BCUT2D eigenvalue weighted by atomic mass is 9.95. The van der Waals surface area contributed by atoms with E-state index in [2.05, 4.69) is 24.1 Å². The molecule has 1 amide bonds. The number of benzene rings is 1. The maximum Gasteiger partial charge on any atom is 0.224 e. The first kappa shape index (κ1) is 21.0. The van der Waals surface area contributed by atoms with Gasteiger partial charge in [-0.05, 0) is 49.1 Å². The second kappa shape index (κ2) is 10.2. The largest absolute Gasteiger partial charge is 0.490 e. The number of nitrogens with one attached hydrogen (secondary N) is 1. The third-order valence-electron chi connectivity index (χ3n) is 4.06. The van der Waals surface area contributed by atoms with Gasteiger partial charge in [0.2, 0.25) is 5.91 Å². The van der Waals surface area contributed by atoms with Gasteiger partial charge in [0.1, 0.15) is 5.15 Å². The Balaban J connectivity index is 2.17. The van der Waals surface area contributed by atoms with E-state index in [-0.39, 0.29) is 24.3 Å². The smallest absolute Gasteiger partial charge is 0.224 e. The molecule has 1 atom stereocenters. The summed E-state index contributed by atoms with van der Waals surface area (Å²) in [7, 11) is 0. The van der Waals surface area contributed by atoms with Crippen LogP contribution in [0.25, 0.3) is 0 Å². The Kier molecular flexibility index (Phi) is 7.92. The highest BCUT2D eigenvalue weighted by Gasteiger charge is 2.20. The molecule has 146 valence electrons. The fourth-order valence-corrected chi connectivity index (χ4v) is 2.93. The first-order chi connectivity index (χ1) is 12.9. The van der Waals surface area contributed by atoms with Crippen LogP contribution in [0.1, 0.15) is 44.9 Å². The van der Waals surface area contributed by atoms with E-state index in [1.54, 1.807) is 12.3 Å². The third-order valence-corrected chi connectivity index (χ3v) is 4.29. The molecule has 6 heteroatoms. The summed E-state index contributed by atoms with van der Waals surface area (Å²) in [5.41, 5.74) is 1.81. The summed E-state index contributed by atoms with van der Waals surface area (Å²) in [5, 5.41) is 3.53. The number of ether oxygens (including phenoxy) is 2. The van der Waals surface area contributed by atoms with Gasteiger partial charge in [-0.3, -0.25) is 4.79 Å². The van der Waals surface area contributed by atoms with Gasteiger partial charge in [0, 0.05) is 6.20 Å².